The molecular weight excluding hydrogens is 344 g/mol. The van der Waals surface area contributed by atoms with Gasteiger partial charge in [-0.15, -0.1) is 0 Å². The van der Waals surface area contributed by atoms with Crippen molar-refractivity contribution < 1.29 is 9.53 Å². The van der Waals surface area contributed by atoms with Gasteiger partial charge in [-0.05, 0) is 70.3 Å². The molecule has 1 aliphatic heterocycles. The van der Waals surface area contributed by atoms with Crippen LogP contribution in [0.15, 0.2) is 22.7 Å². The molecule has 0 saturated carbocycles. The van der Waals surface area contributed by atoms with Gasteiger partial charge < -0.3 is 15.4 Å². The fourth-order valence-electron chi connectivity index (χ4n) is 2.70. The maximum Gasteiger partial charge on any atom is 0.251 e. The van der Waals surface area contributed by atoms with Gasteiger partial charge in [0.1, 0.15) is 5.75 Å². The van der Waals surface area contributed by atoms with Gasteiger partial charge in [-0.2, -0.15) is 0 Å². The Morgan fingerprint density at radius 1 is 1.45 bits per heavy atom. The molecule has 1 heterocycles. The molecule has 4 nitrogen and oxygen atoms in total. The van der Waals surface area contributed by atoms with E-state index in [1.807, 2.05) is 26.0 Å². The molecule has 1 aliphatic rings. The van der Waals surface area contributed by atoms with E-state index >= 15 is 0 Å². The molecule has 0 radical (unpaired) electrons. The number of halogens is 1. The number of rotatable bonds is 6. The molecule has 1 saturated heterocycles. The number of ether oxygens (including phenoxy) is 1. The SMILES string of the molecule is CC(C)Oc1cc(Br)cc(C(=O)NCCC2CCCNC2)c1. The molecule has 0 aliphatic carbocycles. The number of hydrogen-bond acceptors (Lipinski definition) is 3. The summed E-state index contributed by atoms with van der Waals surface area (Å²) in [6.45, 7) is 6.86. The van der Waals surface area contributed by atoms with Gasteiger partial charge in [0, 0.05) is 16.6 Å². The number of carbonyl (C=O) groups is 1. The quantitative estimate of drug-likeness (QED) is 0.809. The third-order valence-electron chi connectivity index (χ3n) is 3.74. The van der Waals surface area contributed by atoms with Crippen LogP contribution in [-0.4, -0.2) is 31.6 Å². The fraction of sp³-hybridized carbons (Fsp3) is 0.588. The van der Waals surface area contributed by atoms with Crippen molar-refractivity contribution >= 4 is 21.8 Å². The molecule has 0 spiro atoms. The van der Waals surface area contributed by atoms with Gasteiger partial charge >= 0.3 is 0 Å². The van der Waals surface area contributed by atoms with Crippen molar-refractivity contribution in [2.75, 3.05) is 19.6 Å². The van der Waals surface area contributed by atoms with E-state index in [1.165, 1.54) is 12.8 Å². The maximum atomic E-state index is 12.3. The van der Waals surface area contributed by atoms with Crippen molar-refractivity contribution in [2.24, 2.45) is 5.92 Å². The number of hydrogen-bond donors (Lipinski definition) is 2. The molecule has 5 heteroatoms. The monoisotopic (exact) mass is 368 g/mol. The Labute approximate surface area is 141 Å². The summed E-state index contributed by atoms with van der Waals surface area (Å²) >= 11 is 3.43. The molecule has 2 rings (SSSR count). The third-order valence-corrected chi connectivity index (χ3v) is 4.20. The highest BCUT2D eigenvalue weighted by atomic mass is 79.9. The van der Waals surface area contributed by atoms with Crippen molar-refractivity contribution in [3.05, 3.63) is 28.2 Å². The van der Waals surface area contributed by atoms with Gasteiger partial charge in [-0.25, -0.2) is 0 Å². The summed E-state index contributed by atoms with van der Waals surface area (Å²) in [5.41, 5.74) is 0.631. The Morgan fingerprint density at radius 2 is 2.27 bits per heavy atom. The lowest BCUT2D eigenvalue weighted by Gasteiger charge is -2.22. The van der Waals surface area contributed by atoms with Crippen LogP contribution in [-0.2, 0) is 0 Å². The lowest BCUT2D eigenvalue weighted by atomic mass is 9.96. The zero-order chi connectivity index (χ0) is 15.9. The molecule has 1 atom stereocenters. The molecule has 2 N–H and O–H groups in total. The lowest BCUT2D eigenvalue weighted by molar-refractivity contribution is 0.0950. The molecular formula is C17H25BrN2O2. The predicted octanol–water partition coefficient (Wildman–Crippen LogP) is 3.36. The van der Waals surface area contributed by atoms with Gasteiger partial charge in [-0.1, -0.05) is 15.9 Å². The van der Waals surface area contributed by atoms with Crippen LogP contribution in [0.4, 0.5) is 0 Å². The van der Waals surface area contributed by atoms with Crippen molar-refractivity contribution in [3.8, 4) is 5.75 Å². The van der Waals surface area contributed by atoms with E-state index in [4.69, 9.17) is 4.74 Å². The summed E-state index contributed by atoms with van der Waals surface area (Å²) in [7, 11) is 0. The van der Waals surface area contributed by atoms with E-state index in [2.05, 4.69) is 26.6 Å². The number of nitrogens with one attached hydrogen (secondary N) is 2. The lowest BCUT2D eigenvalue weighted by Crippen LogP contribution is -2.33. The normalized spacial score (nSPS) is 18.3. The van der Waals surface area contributed by atoms with E-state index in [1.54, 1.807) is 6.07 Å². The Morgan fingerprint density at radius 3 is 2.95 bits per heavy atom. The van der Waals surface area contributed by atoms with Crippen molar-refractivity contribution in [1.82, 2.24) is 10.6 Å². The van der Waals surface area contributed by atoms with E-state index in [0.717, 1.165) is 30.5 Å². The Kier molecular flexibility index (Phi) is 6.70. The van der Waals surface area contributed by atoms with Crippen LogP contribution in [0.1, 0.15) is 43.5 Å². The highest BCUT2D eigenvalue weighted by Gasteiger charge is 2.14. The molecule has 22 heavy (non-hydrogen) atoms. The van der Waals surface area contributed by atoms with Crippen molar-refractivity contribution in [3.63, 3.8) is 0 Å². The molecule has 0 aromatic heterocycles. The van der Waals surface area contributed by atoms with E-state index in [-0.39, 0.29) is 12.0 Å². The second-order valence-electron chi connectivity index (χ2n) is 6.10. The smallest absolute Gasteiger partial charge is 0.251 e. The van der Waals surface area contributed by atoms with Crippen LogP contribution in [0, 0.1) is 5.92 Å². The topological polar surface area (TPSA) is 50.4 Å². The average Bonchev–Trinajstić information content (AvgIpc) is 2.47. The Bertz CT molecular complexity index is 499. The zero-order valence-electron chi connectivity index (χ0n) is 13.3. The number of carbonyl (C=O) groups excluding carboxylic acids is 1. The summed E-state index contributed by atoms with van der Waals surface area (Å²) in [6.07, 6.45) is 3.61. The third kappa shape index (κ3) is 5.61. The standard InChI is InChI=1S/C17H25BrN2O2/c1-12(2)22-16-9-14(8-15(18)10-16)17(21)20-7-5-13-4-3-6-19-11-13/h8-10,12-13,19H,3-7,11H2,1-2H3,(H,20,21). The van der Waals surface area contributed by atoms with Crippen LogP contribution in [0.3, 0.4) is 0 Å². The fourth-order valence-corrected chi connectivity index (χ4v) is 3.17. The van der Waals surface area contributed by atoms with Crippen molar-refractivity contribution in [1.29, 1.82) is 0 Å². The first-order valence-electron chi connectivity index (χ1n) is 8.01. The van der Waals surface area contributed by atoms with Gasteiger partial charge in [0.05, 0.1) is 6.10 Å². The van der Waals surface area contributed by atoms with Crippen LogP contribution in [0.25, 0.3) is 0 Å². The minimum absolute atomic E-state index is 0.0429. The molecule has 122 valence electrons. The van der Waals surface area contributed by atoms with E-state index in [0.29, 0.717) is 17.2 Å². The summed E-state index contributed by atoms with van der Waals surface area (Å²) in [5.74, 6) is 1.35. The van der Waals surface area contributed by atoms with Crippen molar-refractivity contribution in [2.45, 2.75) is 39.2 Å². The first-order valence-corrected chi connectivity index (χ1v) is 8.80. The second kappa shape index (κ2) is 8.53. The van der Waals surface area contributed by atoms with Crippen LogP contribution in [0.5, 0.6) is 5.75 Å². The first-order chi connectivity index (χ1) is 10.5. The summed E-state index contributed by atoms with van der Waals surface area (Å²) < 4.78 is 6.52. The Hall–Kier alpha value is -1.07. The van der Waals surface area contributed by atoms with E-state index < -0.39 is 0 Å². The van der Waals surface area contributed by atoms with Crippen LogP contribution in [0.2, 0.25) is 0 Å². The highest BCUT2D eigenvalue weighted by Crippen LogP contribution is 2.22. The molecule has 1 aromatic rings. The Balaban J connectivity index is 1.87. The minimum Gasteiger partial charge on any atom is -0.491 e. The summed E-state index contributed by atoms with van der Waals surface area (Å²) in [5, 5.41) is 6.41. The molecule has 1 amide bonds. The number of amides is 1. The van der Waals surface area contributed by atoms with Gasteiger partial charge in [0.2, 0.25) is 0 Å². The summed E-state index contributed by atoms with van der Waals surface area (Å²) in [4.78, 5) is 12.3. The largest absolute Gasteiger partial charge is 0.491 e. The minimum atomic E-state index is -0.0429. The second-order valence-corrected chi connectivity index (χ2v) is 7.01. The van der Waals surface area contributed by atoms with E-state index in [9.17, 15) is 4.79 Å². The van der Waals surface area contributed by atoms with Crippen LogP contribution >= 0.6 is 15.9 Å². The first kappa shape index (κ1) is 17.3. The summed E-state index contributed by atoms with van der Waals surface area (Å²) in [6, 6.07) is 5.50. The maximum absolute atomic E-state index is 12.3. The van der Waals surface area contributed by atoms with Gasteiger partial charge in [0.15, 0.2) is 0 Å². The average molecular weight is 369 g/mol. The molecule has 0 bridgehead atoms. The highest BCUT2D eigenvalue weighted by molar-refractivity contribution is 9.10. The predicted molar refractivity (Wildman–Crippen MR) is 92.4 cm³/mol. The number of benzene rings is 1. The molecule has 1 unspecified atom stereocenters. The molecule has 1 aromatic carbocycles. The van der Waals surface area contributed by atoms with Gasteiger partial charge in [-0.3, -0.25) is 4.79 Å². The van der Waals surface area contributed by atoms with Gasteiger partial charge in [0.25, 0.3) is 5.91 Å². The molecule has 1 fully saturated rings. The van der Waals surface area contributed by atoms with Crippen LogP contribution < -0.4 is 15.4 Å². The number of piperidine rings is 1. The zero-order valence-corrected chi connectivity index (χ0v) is 14.9.